The average Bonchev–Trinajstić information content (AvgIpc) is 2.85. The van der Waals surface area contributed by atoms with Crippen molar-refractivity contribution in [3.05, 3.63) is 58.1 Å². The number of phenols is 1. The Kier molecular flexibility index (Phi) is 4.40. The van der Waals surface area contributed by atoms with Crippen LogP contribution in [0.4, 0.5) is 5.69 Å². The number of carbonyl (C=O) groups excluding carboxylic acids is 1. The summed E-state index contributed by atoms with van der Waals surface area (Å²) in [6.07, 6.45) is 1.74. The largest absolute Gasteiger partial charge is 0.504 e. The van der Waals surface area contributed by atoms with Crippen LogP contribution in [-0.4, -0.2) is 23.8 Å². The standard InChI is InChI=1S/C18H15BrN2O3/c1-11-15(9-12-3-8-16(22)17(10-12)24-2)18(23)21(20-11)14-6-4-13(19)5-7-14/h3-10,22H,1-2H3/b15-9-. The third-order valence-electron chi connectivity index (χ3n) is 3.65. The molecule has 0 aliphatic carbocycles. The first kappa shape index (κ1) is 16.3. The predicted molar refractivity (Wildman–Crippen MR) is 97.4 cm³/mol. The molecule has 6 heteroatoms. The zero-order chi connectivity index (χ0) is 17.3. The molecule has 1 amide bonds. The van der Waals surface area contributed by atoms with Crippen molar-refractivity contribution in [1.29, 1.82) is 0 Å². The molecule has 0 fully saturated rings. The summed E-state index contributed by atoms with van der Waals surface area (Å²) < 4.78 is 6.03. The van der Waals surface area contributed by atoms with E-state index < -0.39 is 0 Å². The minimum absolute atomic E-state index is 0.0549. The van der Waals surface area contributed by atoms with Crippen LogP contribution in [0.15, 0.2) is 57.6 Å². The molecule has 0 saturated heterocycles. The van der Waals surface area contributed by atoms with Gasteiger partial charge in [-0.25, -0.2) is 0 Å². The predicted octanol–water partition coefficient (Wildman–Crippen LogP) is 3.97. The number of benzene rings is 2. The van der Waals surface area contributed by atoms with Gasteiger partial charge in [0, 0.05) is 4.47 Å². The first-order valence-electron chi connectivity index (χ1n) is 7.24. The van der Waals surface area contributed by atoms with Gasteiger partial charge in [-0.15, -0.1) is 0 Å². The third kappa shape index (κ3) is 3.05. The van der Waals surface area contributed by atoms with Gasteiger partial charge >= 0.3 is 0 Å². The summed E-state index contributed by atoms with van der Waals surface area (Å²) in [6.45, 7) is 1.79. The van der Waals surface area contributed by atoms with Gasteiger partial charge in [0.15, 0.2) is 11.5 Å². The van der Waals surface area contributed by atoms with Crippen molar-refractivity contribution in [2.75, 3.05) is 12.1 Å². The molecule has 24 heavy (non-hydrogen) atoms. The monoisotopic (exact) mass is 386 g/mol. The van der Waals surface area contributed by atoms with Gasteiger partial charge in [-0.05, 0) is 55.0 Å². The van der Waals surface area contributed by atoms with Gasteiger partial charge in [-0.1, -0.05) is 22.0 Å². The number of hydrogen-bond acceptors (Lipinski definition) is 4. The fourth-order valence-electron chi connectivity index (χ4n) is 2.39. The first-order chi connectivity index (χ1) is 11.5. The average molecular weight is 387 g/mol. The van der Waals surface area contributed by atoms with Gasteiger partial charge in [0.05, 0.1) is 24.1 Å². The second-order valence-electron chi connectivity index (χ2n) is 5.27. The van der Waals surface area contributed by atoms with Gasteiger partial charge in [0.25, 0.3) is 5.91 Å². The molecule has 1 N–H and O–H groups in total. The number of methoxy groups -OCH3 is 1. The van der Waals surface area contributed by atoms with Crippen LogP contribution in [0, 0.1) is 0 Å². The number of hydrogen-bond donors (Lipinski definition) is 1. The Labute approximate surface area is 148 Å². The number of rotatable bonds is 3. The van der Waals surface area contributed by atoms with Crippen LogP contribution in [0.5, 0.6) is 11.5 Å². The maximum Gasteiger partial charge on any atom is 0.280 e. The van der Waals surface area contributed by atoms with E-state index in [9.17, 15) is 9.90 Å². The van der Waals surface area contributed by atoms with E-state index in [2.05, 4.69) is 21.0 Å². The molecule has 2 aromatic rings. The summed E-state index contributed by atoms with van der Waals surface area (Å²) in [6, 6.07) is 12.3. The quantitative estimate of drug-likeness (QED) is 0.811. The molecule has 0 unspecified atom stereocenters. The van der Waals surface area contributed by atoms with Gasteiger partial charge in [0.1, 0.15) is 0 Å². The van der Waals surface area contributed by atoms with Crippen molar-refractivity contribution < 1.29 is 14.6 Å². The normalized spacial score (nSPS) is 15.8. The summed E-state index contributed by atoms with van der Waals surface area (Å²) in [4.78, 5) is 12.7. The number of hydrazone groups is 1. The zero-order valence-corrected chi connectivity index (χ0v) is 14.7. The highest BCUT2D eigenvalue weighted by Crippen LogP contribution is 2.29. The number of carbonyl (C=O) groups is 1. The fourth-order valence-corrected chi connectivity index (χ4v) is 2.66. The molecule has 3 rings (SSSR count). The molecule has 1 aliphatic heterocycles. The Morgan fingerprint density at radius 2 is 1.92 bits per heavy atom. The molecule has 0 bridgehead atoms. The number of anilines is 1. The summed E-state index contributed by atoms with van der Waals surface area (Å²) >= 11 is 3.37. The number of aromatic hydroxyl groups is 1. The van der Waals surface area contributed by atoms with Crippen LogP contribution >= 0.6 is 15.9 Å². The van der Waals surface area contributed by atoms with Crippen molar-refractivity contribution in [1.82, 2.24) is 0 Å². The molecule has 0 spiro atoms. The number of amides is 1. The lowest BCUT2D eigenvalue weighted by Crippen LogP contribution is -2.21. The number of halogens is 1. The number of nitrogens with zero attached hydrogens (tertiary/aromatic N) is 2. The smallest absolute Gasteiger partial charge is 0.280 e. The lowest BCUT2D eigenvalue weighted by atomic mass is 10.1. The lowest BCUT2D eigenvalue weighted by molar-refractivity contribution is -0.114. The molecule has 1 aliphatic rings. The summed E-state index contributed by atoms with van der Waals surface area (Å²) in [5.41, 5.74) is 2.59. The molecule has 0 saturated carbocycles. The van der Waals surface area contributed by atoms with E-state index in [1.807, 2.05) is 24.3 Å². The molecular formula is C18H15BrN2O3. The van der Waals surface area contributed by atoms with Crippen molar-refractivity contribution in [3.63, 3.8) is 0 Å². The van der Waals surface area contributed by atoms with E-state index in [-0.39, 0.29) is 11.7 Å². The Balaban J connectivity index is 1.94. The highest BCUT2D eigenvalue weighted by Gasteiger charge is 2.28. The fraction of sp³-hybridized carbons (Fsp3) is 0.111. The summed E-state index contributed by atoms with van der Waals surface area (Å²) in [5.74, 6) is 0.218. The van der Waals surface area contributed by atoms with Crippen LogP contribution in [0.1, 0.15) is 12.5 Å². The SMILES string of the molecule is COc1cc(/C=C2\C(=O)N(c3ccc(Br)cc3)N=C2C)ccc1O. The highest BCUT2D eigenvalue weighted by molar-refractivity contribution is 9.10. The summed E-state index contributed by atoms with van der Waals surface area (Å²) in [5, 5.41) is 15.4. The molecule has 0 atom stereocenters. The molecule has 0 radical (unpaired) electrons. The van der Waals surface area contributed by atoms with Gasteiger partial charge in [0.2, 0.25) is 0 Å². The Bertz CT molecular complexity index is 857. The van der Waals surface area contributed by atoms with Crippen LogP contribution in [-0.2, 0) is 4.79 Å². The van der Waals surface area contributed by atoms with Crippen LogP contribution in [0.25, 0.3) is 6.08 Å². The van der Waals surface area contributed by atoms with Crippen LogP contribution in [0.3, 0.4) is 0 Å². The molecule has 0 aromatic heterocycles. The maximum absolute atomic E-state index is 12.7. The van der Waals surface area contributed by atoms with E-state index in [4.69, 9.17) is 4.74 Å². The second-order valence-corrected chi connectivity index (χ2v) is 6.18. The van der Waals surface area contributed by atoms with E-state index in [1.54, 1.807) is 25.1 Å². The second kappa shape index (κ2) is 6.49. The van der Waals surface area contributed by atoms with Gasteiger partial charge < -0.3 is 9.84 Å². The van der Waals surface area contributed by atoms with Crippen LogP contribution in [0.2, 0.25) is 0 Å². The van der Waals surface area contributed by atoms with E-state index >= 15 is 0 Å². The Hall–Kier alpha value is -2.60. The van der Waals surface area contributed by atoms with Crippen molar-refractivity contribution >= 4 is 39.3 Å². The minimum atomic E-state index is -0.193. The zero-order valence-electron chi connectivity index (χ0n) is 13.2. The van der Waals surface area contributed by atoms with E-state index in [0.717, 1.165) is 10.0 Å². The van der Waals surface area contributed by atoms with Gasteiger partial charge in [-0.2, -0.15) is 10.1 Å². The van der Waals surface area contributed by atoms with Crippen LogP contribution < -0.4 is 9.75 Å². The van der Waals surface area contributed by atoms with Crippen molar-refractivity contribution in [2.24, 2.45) is 5.10 Å². The minimum Gasteiger partial charge on any atom is -0.504 e. The third-order valence-corrected chi connectivity index (χ3v) is 4.18. The topological polar surface area (TPSA) is 62.1 Å². The molecule has 1 heterocycles. The maximum atomic E-state index is 12.7. The number of ether oxygens (including phenoxy) is 1. The van der Waals surface area contributed by atoms with Crippen molar-refractivity contribution in [3.8, 4) is 11.5 Å². The van der Waals surface area contributed by atoms with Crippen molar-refractivity contribution in [2.45, 2.75) is 6.92 Å². The highest BCUT2D eigenvalue weighted by atomic mass is 79.9. The number of phenolic OH excluding ortho intramolecular Hbond substituents is 1. The Morgan fingerprint density at radius 3 is 2.58 bits per heavy atom. The molecule has 2 aromatic carbocycles. The summed E-state index contributed by atoms with van der Waals surface area (Å²) in [7, 11) is 1.48. The van der Waals surface area contributed by atoms with Gasteiger partial charge in [-0.3, -0.25) is 4.79 Å². The van der Waals surface area contributed by atoms with E-state index in [1.165, 1.54) is 18.2 Å². The first-order valence-corrected chi connectivity index (χ1v) is 8.03. The van der Waals surface area contributed by atoms with E-state index in [0.29, 0.717) is 22.7 Å². The Morgan fingerprint density at radius 1 is 1.21 bits per heavy atom. The molecule has 122 valence electrons. The molecule has 5 nitrogen and oxygen atoms in total. The lowest BCUT2D eigenvalue weighted by Gasteiger charge is -2.11. The molecular weight excluding hydrogens is 372 g/mol.